The fourth-order valence-corrected chi connectivity index (χ4v) is 1.94. The van der Waals surface area contributed by atoms with E-state index in [9.17, 15) is 14.7 Å². The van der Waals surface area contributed by atoms with Gasteiger partial charge in [0.1, 0.15) is 0 Å². The van der Waals surface area contributed by atoms with E-state index in [0.29, 0.717) is 13.2 Å². The lowest BCUT2D eigenvalue weighted by atomic mass is 9.76. The van der Waals surface area contributed by atoms with Gasteiger partial charge in [-0.1, -0.05) is 20.8 Å². The molecule has 1 N–H and O–H groups in total. The lowest BCUT2D eigenvalue weighted by Gasteiger charge is -2.34. The number of nitrogens with zero attached hydrogens (tertiary/aromatic N) is 1. The number of aliphatic carboxylic acids is 1. The predicted octanol–water partition coefficient (Wildman–Crippen LogP) is 2.40. The summed E-state index contributed by atoms with van der Waals surface area (Å²) in [6, 6.07) is 0.0860. The third-order valence-corrected chi connectivity index (χ3v) is 4.26. The van der Waals surface area contributed by atoms with Crippen molar-refractivity contribution in [1.82, 2.24) is 4.90 Å². The Morgan fingerprint density at radius 2 is 1.85 bits per heavy atom. The molecule has 0 aliphatic heterocycles. The second kappa shape index (κ2) is 8.25. The zero-order chi connectivity index (χ0) is 15.9. The number of carboxylic acid groups (broad SMARTS) is 1. The molecule has 5 heteroatoms. The molecule has 0 aromatic rings. The summed E-state index contributed by atoms with van der Waals surface area (Å²) < 4.78 is 5.03. The Kier molecular flexibility index (Phi) is 7.79. The first-order valence-corrected chi connectivity index (χ1v) is 7.22. The molecule has 2 unspecified atom stereocenters. The van der Waals surface area contributed by atoms with Gasteiger partial charge in [0.05, 0.1) is 12.0 Å². The minimum absolute atomic E-state index is 0.0219. The van der Waals surface area contributed by atoms with Crippen molar-refractivity contribution in [3.8, 4) is 0 Å². The SMILES string of the molecule is CCC(C)N(CCOC)C(=O)CC(C)(C(=O)O)C(C)C. The average Bonchev–Trinajstić information content (AvgIpc) is 2.37. The van der Waals surface area contributed by atoms with Crippen molar-refractivity contribution in [3.05, 3.63) is 0 Å². The zero-order valence-corrected chi connectivity index (χ0v) is 13.6. The van der Waals surface area contributed by atoms with Gasteiger partial charge in [0.15, 0.2) is 0 Å². The molecule has 118 valence electrons. The Morgan fingerprint density at radius 1 is 1.30 bits per heavy atom. The van der Waals surface area contributed by atoms with Gasteiger partial charge in [0.25, 0.3) is 0 Å². The molecule has 0 rings (SSSR count). The number of carbonyl (C=O) groups excluding carboxylic acids is 1. The molecule has 0 aliphatic rings. The van der Waals surface area contributed by atoms with Crippen LogP contribution in [0.5, 0.6) is 0 Å². The normalized spacial score (nSPS) is 15.8. The summed E-state index contributed by atoms with van der Waals surface area (Å²) in [5.74, 6) is -1.14. The fourth-order valence-electron chi connectivity index (χ4n) is 1.94. The summed E-state index contributed by atoms with van der Waals surface area (Å²) in [7, 11) is 1.59. The van der Waals surface area contributed by atoms with E-state index in [2.05, 4.69) is 0 Å². The van der Waals surface area contributed by atoms with Gasteiger partial charge in [-0.2, -0.15) is 0 Å². The van der Waals surface area contributed by atoms with Crippen LogP contribution in [-0.2, 0) is 14.3 Å². The van der Waals surface area contributed by atoms with E-state index in [1.807, 2.05) is 27.7 Å². The van der Waals surface area contributed by atoms with Gasteiger partial charge in [0, 0.05) is 26.1 Å². The molecule has 0 radical (unpaired) electrons. The predicted molar refractivity (Wildman–Crippen MR) is 78.5 cm³/mol. The highest BCUT2D eigenvalue weighted by molar-refractivity contribution is 5.85. The maximum absolute atomic E-state index is 12.5. The molecule has 2 atom stereocenters. The highest BCUT2D eigenvalue weighted by atomic mass is 16.5. The number of hydrogen-bond acceptors (Lipinski definition) is 3. The Balaban J connectivity index is 5.02. The van der Waals surface area contributed by atoms with Gasteiger partial charge in [0.2, 0.25) is 5.91 Å². The van der Waals surface area contributed by atoms with Crippen molar-refractivity contribution >= 4 is 11.9 Å². The van der Waals surface area contributed by atoms with Gasteiger partial charge in [-0.15, -0.1) is 0 Å². The quantitative estimate of drug-likeness (QED) is 0.707. The molecule has 0 aromatic heterocycles. The topological polar surface area (TPSA) is 66.8 Å². The Hall–Kier alpha value is -1.10. The fraction of sp³-hybridized carbons (Fsp3) is 0.867. The Bertz CT molecular complexity index is 330. The van der Waals surface area contributed by atoms with Crippen LogP contribution in [-0.4, -0.2) is 48.2 Å². The first-order valence-electron chi connectivity index (χ1n) is 7.22. The maximum atomic E-state index is 12.5. The lowest BCUT2D eigenvalue weighted by Crippen LogP contribution is -2.45. The minimum atomic E-state index is -1.03. The van der Waals surface area contributed by atoms with Crippen molar-refractivity contribution in [1.29, 1.82) is 0 Å². The number of carbonyl (C=O) groups is 2. The molecule has 5 nitrogen and oxygen atoms in total. The summed E-state index contributed by atoms with van der Waals surface area (Å²) in [6.45, 7) is 10.3. The van der Waals surface area contributed by atoms with Crippen LogP contribution in [0.1, 0.15) is 47.5 Å². The first-order chi connectivity index (χ1) is 9.20. The molecular weight excluding hydrogens is 258 g/mol. The minimum Gasteiger partial charge on any atom is -0.481 e. The van der Waals surface area contributed by atoms with E-state index in [0.717, 1.165) is 6.42 Å². The number of ether oxygens (including phenoxy) is 1. The first kappa shape index (κ1) is 18.9. The van der Waals surface area contributed by atoms with Crippen molar-refractivity contribution in [3.63, 3.8) is 0 Å². The highest BCUT2D eigenvalue weighted by Crippen LogP contribution is 2.32. The number of rotatable bonds is 9. The monoisotopic (exact) mass is 287 g/mol. The zero-order valence-electron chi connectivity index (χ0n) is 13.6. The number of methoxy groups -OCH3 is 1. The number of amides is 1. The van der Waals surface area contributed by atoms with Crippen LogP contribution in [0.3, 0.4) is 0 Å². The van der Waals surface area contributed by atoms with E-state index in [1.165, 1.54) is 0 Å². The molecule has 1 amide bonds. The smallest absolute Gasteiger partial charge is 0.310 e. The molecule has 0 saturated heterocycles. The average molecular weight is 287 g/mol. The number of hydrogen-bond donors (Lipinski definition) is 1. The third kappa shape index (κ3) is 4.78. The molecule has 0 aliphatic carbocycles. The van der Waals surface area contributed by atoms with Crippen LogP contribution in [0.4, 0.5) is 0 Å². The third-order valence-electron chi connectivity index (χ3n) is 4.26. The van der Waals surface area contributed by atoms with Crippen LogP contribution < -0.4 is 0 Å². The van der Waals surface area contributed by atoms with Gasteiger partial charge in [-0.05, 0) is 26.2 Å². The summed E-state index contributed by atoms with van der Waals surface area (Å²) in [6.07, 6.45) is 0.856. The van der Waals surface area contributed by atoms with Crippen molar-refractivity contribution in [2.75, 3.05) is 20.3 Å². The van der Waals surface area contributed by atoms with E-state index >= 15 is 0 Å². The Morgan fingerprint density at radius 3 is 2.20 bits per heavy atom. The van der Waals surface area contributed by atoms with E-state index in [4.69, 9.17) is 4.74 Å². The largest absolute Gasteiger partial charge is 0.481 e. The summed E-state index contributed by atoms with van der Waals surface area (Å²) in [5.41, 5.74) is -1.03. The molecule has 20 heavy (non-hydrogen) atoms. The molecule has 0 fully saturated rings. The van der Waals surface area contributed by atoms with E-state index in [1.54, 1.807) is 18.9 Å². The Labute approximate surface area is 122 Å². The van der Waals surface area contributed by atoms with Crippen LogP contribution in [0.15, 0.2) is 0 Å². The van der Waals surface area contributed by atoms with Gasteiger partial charge in [-0.25, -0.2) is 0 Å². The van der Waals surface area contributed by atoms with Crippen LogP contribution in [0.2, 0.25) is 0 Å². The summed E-state index contributed by atoms with van der Waals surface area (Å²) in [5, 5.41) is 9.41. The molecule has 0 heterocycles. The second-order valence-corrected chi connectivity index (χ2v) is 5.89. The van der Waals surface area contributed by atoms with E-state index in [-0.39, 0.29) is 24.3 Å². The molecular formula is C15H29NO4. The van der Waals surface area contributed by atoms with Crippen LogP contribution in [0.25, 0.3) is 0 Å². The molecule has 0 spiro atoms. The van der Waals surface area contributed by atoms with Gasteiger partial charge in [-0.3, -0.25) is 9.59 Å². The van der Waals surface area contributed by atoms with Crippen molar-refractivity contribution < 1.29 is 19.4 Å². The van der Waals surface area contributed by atoms with E-state index < -0.39 is 11.4 Å². The molecule has 0 aromatic carbocycles. The van der Waals surface area contributed by atoms with Crippen LogP contribution in [0, 0.1) is 11.3 Å². The van der Waals surface area contributed by atoms with Crippen molar-refractivity contribution in [2.45, 2.75) is 53.5 Å². The molecule has 0 saturated carbocycles. The van der Waals surface area contributed by atoms with Gasteiger partial charge >= 0.3 is 5.97 Å². The second-order valence-electron chi connectivity index (χ2n) is 5.89. The molecule has 0 bridgehead atoms. The van der Waals surface area contributed by atoms with Crippen molar-refractivity contribution in [2.24, 2.45) is 11.3 Å². The summed E-state index contributed by atoms with van der Waals surface area (Å²) in [4.78, 5) is 25.7. The number of carboxylic acids is 1. The maximum Gasteiger partial charge on any atom is 0.310 e. The van der Waals surface area contributed by atoms with Crippen LogP contribution >= 0.6 is 0 Å². The van der Waals surface area contributed by atoms with Gasteiger partial charge < -0.3 is 14.7 Å². The highest BCUT2D eigenvalue weighted by Gasteiger charge is 2.40. The lowest BCUT2D eigenvalue weighted by molar-refractivity contribution is -0.156. The standard InChI is InChI=1S/C15H29NO4/c1-7-12(4)16(8-9-20-6)13(17)10-15(5,11(2)3)14(18)19/h11-12H,7-10H2,1-6H3,(H,18,19). The summed E-state index contributed by atoms with van der Waals surface area (Å²) >= 11 is 0.